The normalized spacial score (nSPS) is 10.5. The predicted molar refractivity (Wildman–Crippen MR) is 81.4 cm³/mol. The lowest BCUT2D eigenvalue weighted by Crippen LogP contribution is -2.00. The van der Waals surface area contributed by atoms with Crippen molar-refractivity contribution in [2.24, 2.45) is 0 Å². The minimum Gasteiger partial charge on any atom is -0.298 e. The molecule has 0 unspecified atom stereocenters. The van der Waals surface area contributed by atoms with Crippen molar-refractivity contribution in [2.45, 2.75) is 6.54 Å². The first-order valence-corrected chi connectivity index (χ1v) is 6.82. The van der Waals surface area contributed by atoms with Gasteiger partial charge in [-0.15, -0.1) is 0 Å². The van der Waals surface area contributed by atoms with Crippen molar-refractivity contribution in [1.29, 1.82) is 0 Å². The Bertz CT molecular complexity index is 768. The number of halogens is 1. The third-order valence-corrected chi connectivity index (χ3v) is 3.51. The van der Waals surface area contributed by atoms with Crippen molar-refractivity contribution >= 4 is 17.9 Å². The van der Waals surface area contributed by atoms with E-state index < -0.39 is 0 Å². The minimum atomic E-state index is 0.515. The van der Waals surface area contributed by atoms with Gasteiger partial charge in [0.1, 0.15) is 5.69 Å². The minimum absolute atomic E-state index is 0.515. The molecule has 0 saturated carbocycles. The van der Waals surface area contributed by atoms with Crippen LogP contribution < -0.4 is 0 Å². The molecular formula is C16H12ClN3O. The lowest BCUT2D eigenvalue weighted by Gasteiger charge is -2.03. The topological polar surface area (TPSA) is 47.8 Å². The molecule has 0 saturated heterocycles. The Morgan fingerprint density at radius 1 is 1.19 bits per heavy atom. The fourth-order valence-electron chi connectivity index (χ4n) is 2.13. The van der Waals surface area contributed by atoms with Crippen LogP contribution in [0, 0.1) is 0 Å². The maximum atomic E-state index is 11.2. The number of hydrogen-bond donors (Lipinski definition) is 0. The first-order chi connectivity index (χ1) is 10.3. The van der Waals surface area contributed by atoms with Crippen LogP contribution in [-0.2, 0) is 6.54 Å². The van der Waals surface area contributed by atoms with Crippen molar-refractivity contribution in [1.82, 2.24) is 14.8 Å². The molecule has 0 spiro atoms. The summed E-state index contributed by atoms with van der Waals surface area (Å²) in [6.07, 6.45) is 5.90. The zero-order valence-electron chi connectivity index (χ0n) is 11.1. The highest BCUT2D eigenvalue weighted by Gasteiger charge is 2.11. The van der Waals surface area contributed by atoms with Gasteiger partial charge in [-0.2, -0.15) is 5.10 Å². The van der Waals surface area contributed by atoms with Crippen LogP contribution in [0.2, 0.25) is 5.02 Å². The van der Waals surface area contributed by atoms with E-state index in [4.69, 9.17) is 11.6 Å². The molecule has 4 nitrogen and oxygen atoms in total. The Balaban J connectivity index is 1.97. The van der Waals surface area contributed by atoms with Crippen molar-refractivity contribution < 1.29 is 4.79 Å². The van der Waals surface area contributed by atoms with Crippen molar-refractivity contribution in [3.05, 3.63) is 71.1 Å². The molecule has 0 aliphatic carbocycles. The summed E-state index contributed by atoms with van der Waals surface area (Å²) in [5.41, 5.74) is 2.94. The van der Waals surface area contributed by atoms with Gasteiger partial charge in [0.05, 0.1) is 12.1 Å². The number of benzene rings is 1. The summed E-state index contributed by atoms with van der Waals surface area (Å²) in [6.45, 7) is 0.515. The second kappa shape index (κ2) is 5.89. The highest BCUT2D eigenvalue weighted by atomic mass is 35.5. The van der Waals surface area contributed by atoms with Gasteiger partial charge in [-0.3, -0.25) is 14.5 Å². The summed E-state index contributed by atoms with van der Waals surface area (Å²) >= 11 is 6.15. The molecule has 0 radical (unpaired) electrons. The van der Waals surface area contributed by atoms with Gasteiger partial charge in [0.15, 0.2) is 6.29 Å². The molecule has 0 fully saturated rings. The van der Waals surface area contributed by atoms with Crippen LogP contribution in [-0.4, -0.2) is 21.1 Å². The number of rotatable bonds is 4. The van der Waals surface area contributed by atoms with Gasteiger partial charge in [-0.25, -0.2) is 0 Å². The number of carbonyl (C=O) groups excluding carboxylic acids is 1. The number of pyridine rings is 1. The highest BCUT2D eigenvalue weighted by molar-refractivity contribution is 6.31. The van der Waals surface area contributed by atoms with Gasteiger partial charge >= 0.3 is 0 Å². The molecule has 21 heavy (non-hydrogen) atoms. The summed E-state index contributed by atoms with van der Waals surface area (Å²) < 4.78 is 1.72. The summed E-state index contributed by atoms with van der Waals surface area (Å²) in [7, 11) is 0. The van der Waals surface area contributed by atoms with Crippen LogP contribution in [0.1, 0.15) is 15.9 Å². The lowest BCUT2D eigenvalue weighted by molar-refractivity contribution is 0.112. The van der Waals surface area contributed by atoms with Gasteiger partial charge in [0.25, 0.3) is 0 Å². The van der Waals surface area contributed by atoms with Crippen molar-refractivity contribution in [3.63, 3.8) is 0 Å². The van der Waals surface area contributed by atoms with E-state index in [1.165, 1.54) is 0 Å². The fraction of sp³-hybridized carbons (Fsp3) is 0.0625. The van der Waals surface area contributed by atoms with Gasteiger partial charge in [-0.1, -0.05) is 29.8 Å². The first-order valence-electron chi connectivity index (χ1n) is 6.44. The molecule has 0 amide bonds. The molecule has 2 heterocycles. The Morgan fingerprint density at radius 3 is 2.76 bits per heavy atom. The zero-order valence-corrected chi connectivity index (χ0v) is 11.9. The van der Waals surface area contributed by atoms with Crippen LogP contribution in [0.15, 0.2) is 55.0 Å². The van der Waals surface area contributed by atoms with Gasteiger partial charge in [0, 0.05) is 29.2 Å². The molecule has 1 aromatic carbocycles. The van der Waals surface area contributed by atoms with E-state index in [9.17, 15) is 4.79 Å². The van der Waals surface area contributed by atoms with Crippen LogP contribution in [0.25, 0.3) is 11.3 Å². The molecule has 0 bridgehead atoms. The summed E-state index contributed by atoms with van der Waals surface area (Å²) in [5.74, 6) is 0. The molecule has 0 atom stereocenters. The van der Waals surface area contributed by atoms with Crippen molar-refractivity contribution in [3.8, 4) is 11.3 Å². The number of aromatic nitrogens is 3. The average Bonchev–Trinajstić information content (AvgIpc) is 2.93. The summed E-state index contributed by atoms with van der Waals surface area (Å²) in [5, 5.41) is 5.16. The van der Waals surface area contributed by atoms with E-state index in [2.05, 4.69) is 10.1 Å². The third-order valence-electron chi connectivity index (χ3n) is 3.14. The van der Waals surface area contributed by atoms with Crippen LogP contribution >= 0.6 is 11.6 Å². The maximum absolute atomic E-state index is 11.2. The second-order valence-corrected chi connectivity index (χ2v) is 4.99. The Hall–Kier alpha value is -2.46. The molecule has 5 heteroatoms. The number of nitrogens with zero attached hydrogens (tertiary/aromatic N) is 3. The Morgan fingerprint density at radius 2 is 2.05 bits per heavy atom. The van der Waals surface area contributed by atoms with E-state index in [-0.39, 0.29) is 0 Å². The number of carbonyl (C=O) groups is 1. The quantitative estimate of drug-likeness (QED) is 0.693. The van der Waals surface area contributed by atoms with Gasteiger partial charge in [-0.05, 0) is 23.8 Å². The molecule has 0 aliphatic rings. The fourth-order valence-corrected chi connectivity index (χ4v) is 2.33. The average molecular weight is 298 g/mol. The van der Waals surface area contributed by atoms with Crippen molar-refractivity contribution in [2.75, 3.05) is 0 Å². The maximum Gasteiger partial charge on any atom is 0.153 e. The molecule has 0 N–H and O–H groups in total. The standard InChI is InChI=1S/C16H12ClN3O/c17-15-6-2-1-4-13(15)9-20-10-14(11-21)16(19-20)12-5-3-7-18-8-12/h1-8,10-11H,9H2. The monoisotopic (exact) mass is 297 g/mol. The SMILES string of the molecule is O=Cc1cn(Cc2ccccc2Cl)nc1-c1cccnc1. The highest BCUT2D eigenvalue weighted by Crippen LogP contribution is 2.21. The molecule has 104 valence electrons. The Kier molecular flexibility index (Phi) is 3.79. The molecule has 3 aromatic rings. The van der Waals surface area contributed by atoms with E-state index in [0.717, 1.165) is 17.4 Å². The number of aldehydes is 1. The smallest absolute Gasteiger partial charge is 0.153 e. The number of hydrogen-bond acceptors (Lipinski definition) is 3. The lowest BCUT2D eigenvalue weighted by atomic mass is 10.1. The van der Waals surface area contributed by atoms with E-state index in [1.54, 1.807) is 23.3 Å². The van der Waals surface area contributed by atoms with E-state index >= 15 is 0 Å². The molecule has 0 aliphatic heterocycles. The van der Waals surface area contributed by atoms with Crippen LogP contribution in [0.3, 0.4) is 0 Å². The molecular weight excluding hydrogens is 286 g/mol. The molecule has 3 rings (SSSR count). The largest absolute Gasteiger partial charge is 0.298 e. The van der Waals surface area contributed by atoms with Crippen LogP contribution in [0.5, 0.6) is 0 Å². The zero-order chi connectivity index (χ0) is 14.7. The summed E-state index contributed by atoms with van der Waals surface area (Å²) in [6, 6.07) is 11.3. The van der Waals surface area contributed by atoms with Gasteiger partial charge < -0.3 is 0 Å². The van der Waals surface area contributed by atoms with Gasteiger partial charge in [0.2, 0.25) is 0 Å². The van der Waals surface area contributed by atoms with E-state index in [1.807, 2.05) is 36.4 Å². The first kappa shape index (κ1) is 13.5. The second-order valence-electron chi connectivity index (χ2n) is 4.58. The van der Waals surface area contributed by atoms with Crippen LogP contribution in [0.4, 0.5) is 0 Å². The predicted octanol–water partition coefficient (Wildman–Crippen LogP) is 3.46. The van der Waals surface area contributed by atoms with E-state index in [0.29, 0.717) is 22.8 Å². The summed E-state index contributed by atoms with van der Waals surface area (Å²) in [4.78, 5) is 15.3. The Labute approximate surface area is 127 Å². The molecule has 2 aromatic heterocycles. The third kappa shape index (κ3) is 2.85.